The van der Waals surface area contributed by atoms with Gasteiger partial charge in [0, 0.05) is 43.6 Å². The van der Waals surface area contributed by atoms with Crippen LogP contribution in [0.15, 0.2) is 46.3 Å². The summed E-state index contributed by atoms with van der Waals surface area (Å²) in [5.74, 6) is 1.80. The van der Waals surface area contributed by atoms with Gasteiger partial charge in [-0.15, -0.1) is 18.3 Å². The van der Waals surface area contributed by atoms with E-state index in [1.807, 2.05) is 12.3 Å². The van der Waals surface area contributed by atoms with Gasteiger partial charge in [-0.05, 0) is 29.6 Å². The second kappa shape index (κ2) is 12.3. The van der Waals surface area contributed by atoms with E-state index >= 15 is 0 Å². The summed E-state index contributed by atoms with van der Waals surface area (Å²) in [6.07, 6.45) is 7.97. The topological polar surface area (TPSA) is 24.7 Å². The van der Waals surface area contributed by atoms with Crippen LogP contribution in [0.3, 0.4) is 0 Å². The highest BCUT2D eigenvalue weighted by Gasteiger charge is 2.22. The van der Waals surface area contributed by atoms with Gasteiger partial charge in [-0.1, -0.05) is 52.5 Å². The minimum absolute atomic E-state index is 0.222. The molecule has 2 atom stereocenters. The van der Waals surface area contributed by atoms with Gasteiger partial charge in [-0.2, -0.15) is 0 Å². The van der Waals surface area contributed by atoms with Crippen molar-refractivity contribution < 1.29 is 0 Å². The molecule has 0 rings (SSSR count). The first-order valence-electron chi connectivity index (χ1n) is 8.78. The molecule has 2 unspecified atom stereocenters. The van der Waals surface area contributed by atoms with Crippen molar-refractivity contribution in [3.05, 3.63) is 36.3 Å². The number of nitrogens with zero attached hydrogens (tertiary/aromatic N) is 2. The van der Waals surface area contributed by atoms with Crippen molar-refractivity contribution in [2.24, 2.45) is 27.2 Å². The van der Waals surface area contributed by atoms with E-state index in [9.17, 15) is 0 Å². The summed E-state index contributed by atoms with van der Waals surface area (Å²) in [6, 6.07) is 0. The van der Waals surface area contributed by atoms with Crippen LogP contribution in [0.5, 0.6) is 0 Å². The van der Waals surface area contributed by atoms with Crippen molar-refractivity contribution in [3.8, 4) is 0 Å². The Bertz CT molecular complexity index is 460. The van der Waals surface area contributed by atoms with Crippen LogP contribution < -0.4 is 0 Å². The lowest BCUT2D eigenvalue weighted by Crippen LogP contribution is -2.22. The first kappa shape index (κ1) is 22.9. The zero-order valence-electron chi connectivity index (χ0n) is 16.3. The fourth-order valence-electron chi connectivity index (χ4n) is 1.94. The highest BCUT2D eigenvalue weighted by molar-refractivity contribution is 8.03. The number of allylic oxidation sites excluding steroid dienone is 3. The van der Waals surface area contributed by atoms with E-state index < -0.39 is 0 Å². The zero-order chi connectivity index (χ0) is 18.6. The Morgan fingerprint density at radius 3 is 2.42 bits per heavy atom. The summed E-state index contributed by atoms with van der Waals surface area (Å²) in [5, 5.41) is 0. The van der Waals surface area contributed by atoms with Gasteiger partial charge in [-0.3, -0.25) is 9.98 Å². The second-order valence-corrected chi connectivity index (χ2v) is 8.31. The number of rotatable bonds is 13. The maximum absolute atomic E-state index is 4.53. The Kier molecular flexibility index (Phi) is 11.7. The Morgan fingerprint density at radius 2 is 1.83 bits per heavy atom. The Hall–Kier alpha value is -1.09. The summed E-state index contributed by atoms with van der Waals surface area (Å²) in [7, 11) is 0. The standard InChI is InChI=1S/C21H36N2S/c1-9-11-21(7,8)18(4)16-23-13-10-12-22-14-15-24-20(6)19(5)17(2)3/h9,12,16,18-19H,1-2,6,10-11,13-15H2,3-5,7-8H3/b22-12+,23-16+. The quantitative estimate of drug-likeness (QED) is 0.220. The lowest BCUT2D eigenvalue weighted by Gasteiger charge is -2.27. The minimum atomic E-state index is 0.222. The molecule has 0 aliphatic carbocycles. The highest BCUT2D eigenvalue weighted by atomic mass is 32.2. The third-order valence-corrected chi connectivity index (χ3v) is 5.59. The Labute approximate surface area is 154 Å². The molecule has 0 amide bonds. The molecular formula is C21H36N2S. The number of hydrogen-bond donors (Lipinski definition) is 0. The Morgan fingerprint density at radius 1 is 1.17 bits per heavy atom. The molecule has 0 aromatic heterocycles. The van der Waals surface area contributed by atoms with Crippen molar-refractivity contribution in [2.45, 2.75) is 47.5 Å². The molecular weight excluding hydrogens is 312 g/mol. The molecule has 0 fully saturated rings. The summed E-state index contributed by atoms with van der Waals surface area (Å²) in [5.41, 5.74) is 1.39. The van der Waals surface area contributed by atoms with Gasteiger partial charge in [0.05, 0.1) is 0 Å². The molecule has 0 aliphatic rings. The van der Waals surface area contributed by atoms with Crippen molar-refractivity contribution in [2.75, 3.05) is 18.8 Å². The third-order valence-electron chi connectivity index (χ3n) is 4.48. The number of thioether (sulfide) groups is 1. The van der Waals surface area contributed by atoms with Gasteiger partial charge in [-0.25, -0.2) is 0 Å². The van der Waals surface area contributed by atoms with E-state index in [-0.39, 0.29) is 5.41 Å². The van der Waals surface area contributed by atoms with Crippen molar-refractivity contribution in [3.63, 3.8) is 0 Å². The van der Waals surface area contributed by atoms with E-state index in [4.69, 9.17) is 0 Å². The SMILES string of the molecule is C=CCC(C)(C)C(C)/C=N/CC/C=N/CCSC(=C)C(C)C(=C)C. The van der Waals surface area contributed by atoms with Crippen LogP contribution in [0.1, 0.15) is 47.5 Å². The lowest BCUT2D eigenvalue weighted by atomic mass is 9.78. The van der Waals surface area contributed by atoms with E-state index in [0.717, 1.165) is 31.7 Å². The molecule has 0 saturated heterocycles. The predicted octanol–water partition coefficient (Wildman–Crippen LogP) is 6.22. The minimum Gasteiger partial charge on any atom is -0.297 e. The molecule has 3 heteroatoms. The molecule has 0 spiro atoms. The summed E-state index contributed by atoms with van der Waals surface area (Å²) in [6.45, 7) is 24.5. The summed E-state index contributed by atoms with van der Waals surface area (Å²) in [4.78, 5) is 10.2. The van der Waals surface area contributed by atoms with Crippen LogP contribution in [0, 0.1) is 17.3 Å². The molecule has 2 nitrogen and oxygen atoms in total. The van der Waals surface area contributed by atoms with Gasteiger partial charge in [0.15, 0.2) is 0 Å². The monoisotopic (exact) mass is 348 g/mol. The maximum atomic E-state index is 4.53. The maximum Gasteiger partial charge on any atom is 0.0479 e. The average molecular weight is 349 g/mol. The van der Waals surface area contributed by atoms with Crippen LogP contribution in [-0.4, -0.2) is 31.3 Å². The molecule has 0 bridgehead atoms. The van der Waals surface area contributed by atoms with Crippen molar-refractivity contribution in [1.82, 2.24) is 0 Å². The largest absolute Gasteiger partial charge is 0.297 e. The van der Waals surface area contributed by atoms with E-state index in [1.54, 1.807) is 11.8 Å². The van der Waals surface area contributed by atoms with E-state index in [1.165, 1.54) is 10.5 Å². The molecule has 0 aromatic rings. The molecule has 136 valence electrons. The number of aliphatic imine (C=N–C) groups is 2. The molecule has 0 radical (unpaired) electrons. The smallest absolute Gasteiger partial charge is 0.0479 e. The zero-order valence-corrected chi connectivity index (χ0v) is 17.2. The molecule has 0 saturated carbocycles. The van der Waals surface area contributed by atoms with Crippen LogP contribution in [0.25, 0.3) is 0 Å². The van der Waals surface area contributed by atoms with Crippen LogP contribution in [0.2, 0.25) is 0 Å². The van der Waals surface area contributed by atoms with Gasteiger partial charge in [0.25, 0.3) is 0 Å². The van der Waals surface area contributed by atoms with Crippen LogP contribution in [-0.2, 0) is 0 Å². The summed E-state index contributed by atoms with van der Waals surface area (Å²) < 4.78 is 0. The lowest BCUT2D eigenvalue weighted by molar-refractivity contribution is 0.303. The molecule has 0 aliphatic heterocycles. The van der Waals surface area contributed by atoms with E-state index in [2.05, 4.69) is 70.6 Å². The molecule has 0 aromatic carbocycles. The van der Waals surface area contributed by atoms with Crippen LogP contribution in [0.4, 0.5) is 0 Å². The van der Waals surface area contributed by atoms with Crippen LogP contribution >= 0.6 is 11.8 Å². The Balaban J connectivity index is 3.87. The third kappa shape index (κ3) is 9.92. The highest BCUT2D eigenvalue weighted by Crippen LogP contribution is 2.29. The molecule has 24 heavy (non-hydrogen) atoms. The predicted molar refractivity (Wildman–Crippen MR) is 115 cm³/mol. The fourth-order valence-corrected chi connectivity index (χ4v) is 2.85. The van der Waals surface area contributed by atoms with Crippen molar-refractivity contribution >= 4 is 24.2 Å². The van der Waals surface area contributed by atoms with Gasteiger partial charge < -0.3 is 0 Å². The van der Waals surface area contributed by atoms with E-state index in [0.29, 0.717) is 11.8 Å². The van der Waals surface area contributed by atoms with Gasteiger partial charge in [0.2, 0.25) is 0 Å². The van der Waals surface area contributed by atoms with Gasteiger partial charge in [0.1, 0.15) is 0 Å². The second-order valence-electron chi connectivity index (χ2n) is 7.09. The molecule has 0 heterocycles. The summed E-state index contributed by atoms with van der Waals surface area (Å²) >= 11 is 1.79. The fraction of sp³-hybridized carbons (Fsp3) is 0.619. The number of hydrogen-bond acceptors (Lipinski definition) is 3. The van der Waals surface area contributed by atoms with Crippen molar-refractivity contribution in [1.29, 1.82) is 0 Å². The normalized spacial score (nSPS) is 14.9. The average Bonchev–Trinajstić information content (AvgIpc) is 2.51. The van der Waals surface area contributed by atoms with Gasteiger partial charge >= 0.3 is 0 Å². The first-order valence-corrected chi connectivity index (χ1v) is 9.77. The first-order chi connectivity index (χ1) is 11.2. The molecule has 0 N–H and O–H groups in total.